The number of rotatable bonds is 2. The van der Waals surface area contributed by atoms with E-state index in [1.165, 1.54) is 6.42 Å². The van der Waals surface area contributed by atoms with Crippen molar-refractivity contribution in [3.8, 4) is 0 Å². The molecule has 2 nitrogen and oxygen atoms in total. The molecule has 3 heteroatoms. The van der Waals surface area contributed by atoms with Gasteiger partial charge in [-0.1, -0.05) is 28.9 Å². The van der Waals surface area contributed by atoms with Crippen LogP contribution in [0.15, 0.2) is 22.7 Å². The largest absolute Gasteiger partial charge is 0.349 e. The maximum absolute atomic E-state index is 12.1. The standard InChI is InChI=1S/C14H18BrNO/c1-9-3-6-12(7-9)16-14(17)13-8-11(15)5-4-10(13)2/h4-5,8-9,12H,3,6-7H2,1-2H3,(H,16,17). The first-order valence-electron chi connectivity index (χ1n) is 6.13. The van der Waals surface area contributed by atoms with Gasteiger partial charge >= 0.3 is 0 Å². The SMILES string of the molecule is Cc1ccc(Br)cc1C(=O)NC1CCC(C)C1. The molecule has 1 aliphatic rings. The van der Waals surface area contributed by atoms with Crippen molar-refractivity contribution in [1.29, 1.82) is 0 Å². The van der Waals surface area contributed by atoms with Gasteiger partial charge in [-0.3, -0.25) is 4.79 Å². The van der Waals surface area contributed by atoms with Gasteiger partial charge in [0.05, 0.1) is 0 Å². The molecule has 2 unspecified atom stereocenters. The van der Waals surface area contributed by atoms with E-state index in [0.29, 0.717) is 6.04 Å². The van der Waals surface area contributed by atoms with Crippen LogP contribution >= 0.6 is 15.9 Å². The third-order valence-corrected chi connectivity index (χ3v) is 3.97. The Morgan fingerprint density at radius 1 is 1.41 bits per heavy atom. The van der Waals surface area contributed by atoms with Crippen molar-refractivity contribution in [3.05, 3.63) is 33.8 Å². The van der Waals surface area contributed by atoms with Gasteiger partial charge in [0.15, 0.2) is 0 Å². The first-order valence-corrected chi connectivity index (χ1v) is 6.92. The highest BCUT2D eigenvalue weighted by Gasteiger charge is 2.23. The molecule has 0 bridgehead atoms. The van der Waals surface area contributed by atoms with Crippen molar-refractivity contribution in [3.63, 3.8) is 0 Å². The summed E-state index contributed by atoms with van der Waals surface area (Å²) < 4.78 is 0.952. The number of amides is 1. The molecule has 92 valence electrons. The molecule has 0 spiro atoms. The molecule has 2 rings (SSSR count). The zero-order valence-corrected chi connectivity index (χ0v) is 11.9. The van der Waals surface area contributed by atoms with E-state index in [1.54, 1.807) is 0 Å². The van der Waals surface area contributed by atoms with Crippen molar-refractivity contribution in [2.45, 2.75) is 39.2 Å². The van der Waals surface area contributed by atoms with Crippen LogP contribution in [0.5, 0.6) is 0 Å². The molecule has 1 aromatic carbocycles. The number of benzene rings is 1. The quantitative estimate of drug-likeness (QED) is 0.886. The molecule has 1 amide bonds. The van der Waals surface area contributed by atoms with Crippen LogP contribution in [0.2, 0.25) is 0 Å². The van der Waals surface area contributed by atoms with Gasteiger partial charge in [-0.05, 0) is 49.8 Å². The Bertz CT molecular complexity index is 430. The van der Waals surface area contributed by atoms with Crippen molar-refractivity contribution in [2.24, 2.45) is 5.92 Å². The van der Waals surface area contributed by atoms with Gasteiger partial charge in [0.2, 0.25) is 0 Å². The summed E-state index contributed by atoms with van der Waals surface area (Å²) in [6.07, 6.45) is 3.45. The second kappa shape index (κ2) is 5.21. The molecule has 0 aromatic heterocycles. The van der Waals surface area contributed by atoms with Crippen LogP contribution < -0.4 is 5.32 Å². The summed E-state index contributed by atoms with van der Waals surface area (Å²) in [6, 6.07) is 6.18. The van der Waals surface area contributed by atoms with Crippen LogP contribution in [0.4, 0.5) is 0 Å². The maximum Gasteiger partial charge on any atom is 0.251 e. The third kappa shape index (κ3) is 3.09. The number of carbonyl (C=O) groups is 1. The summed E-state index contributed by atoms with van der Waals surface area (Å²) in [7, 11) is 0. The lowest BCUT2D eigenvalue weighted by Gasteiger charge is -2.14. The van der Waals surface area contributed by atoms with Gasteiger partial charge in [0.1, 0.15) is 0 Å². The van der Waals surface area contributed by atoms with Gasteiger partial charge < -0.3 is 5.32 Å². The second-order valence-corrected chi connectivity index (χ2v) is 5.96. The fourth-order valence-electron chi connectivity index (χ4n) is 2.44. The Morgan fingerprint density at radius 2 is 2.18 bits per heavy atom. The van der Waals surface area contributed by atoms with Gasteiger partial charge in [-0.15, -0.1) is 0 Å². The van der Waals surface area contributed by atoms with E-state index < -0.39 is 0 Å². The second-order valence-electron chi connectivity index (χ2n) is 5.05. The van der Waals surface area contributed by atoms with Crippen LogP contribution in [-0.4, -0.2) is 11.9 Å². The van der Waals surface area contributed by atoms with Gasteiger partial charge in [-0.2, -0.15) is 0 Å². The van der Waals surface area contributed by atoms with Crippen molar-refractivity contribution >= 4 is 21.8 Å². The molecule has 0 heterocycles. The van der Waals surface area contributed by atoms with Crippen molar-refractivity contribution in [1.82, 2.24) is 5.32 Å². The molecule has 1 fully saturated rings. The average molecular weight is 296 g/mol. The maximum atomic E-state index is 12.1. The van der Waals surface area contributed by atoms with Gasteiger partial charge in [-0.25, -0.2) is 0 Å². The average Bonchev–Trinajstić information content (AvgIpc) is 2.67. The van der Waals surface area contributed by atoms with E-state index in [0.717, 1.165) is 34.4 Å². The highest BCUT2D eigenvalue weighted by molar-refractivity contribution is 9.10. The van der Waals surface area contributed by atoms with Gasteiger partial charge in [0, 0.05) is 16.1 Å². The highest BCUT2D eigenvalue weighted by Crippen LogP contribution is 2.25. The number of nitrogens with one attached hydrogen (secondary N) is 1. The number of hydrogen-bond acceptors (Lipinski definition) is 1. The Balaban J connectivity index is 2.06. The summed E-state index contributed by atoms with van der Waals surface area (Å²) in [5, 5.41) is 3.13. The molecule has 1 aliphatic carbocycles. The van der Waals surface area contributed by atoms with E-state index in [4.69, 9.17) is 0 Å². The van der Waals surface area contributed by atoms with E-state index in [1.807, 2.05) is 25.1 Å². The topological polar surface area (TPSA) is 29.1 Å². The van der Waals surface area contributed by atoms with Crippen LogP contribution in [0.1, 0.15) is 42.1 Å². The number of hydrogen-bond donors (Lipinski definition) is 1. The Morgan fingerprint density at radius 3 is 2.82 bits per heavy atom. The predicted molar refractivity (Wildman–Crippen MR) is 73.1 cm³/mol. The minimum absolute atomic E-state index is 0.0582. The fourth-order valence-corrected chi connectivity index (χ4v) is 2.80. The zero-order valence-electron chi connectivity index (χ0n) is 10.3. The molecule has 1 saturated carbocycles. The number of halogens is 1. The van der Waals surface area contributed by atoms with Crippen molar-refractivity contribution < 1.29 is 4.79 Å². The highest BCUT2D eigenvalue weighted by atomic mass is 79.9. The summed E-state index contributed by atoms with van der Waals surface area (Å²) in [4.78, 5) is 12.1. The minimum Gasteiger partial charge on any atom is -0.349 e. The summed E-state index contributed by atoms with van der Waals surface area (Å²) in [6.45, 7) is 4.22. The first kappa shape index (κ1) is 12.6. The van der Waals surface area contributed by atoms with Crippen LogP contribution in [-0.2, 0) is 0 Å². The third-order valence-electron chi connectivity index (χ3n) is 3.47. The summed E-state index contributed by atoms with van der Waals surface area (Å²) in [5.41, 5.74) is 1.80. The fraction of sp³-hybridized carbons (Fsp3) is 0.500. The molecule has 1 N–H and O–H groups in total. The van der Waals surface area contributed by atoms with Crippen LogP contribution in [0, 0.1) is 12.8 Å². The first-order chi connectivity index (χ1) is 8.06. The number of aryl methyl sites for hydroxylation is 1. The Kier molecular flexibility index (Phi) is 3.87. The normalized spacial score (nSPS) is 23.7. The molecule has 1 aromatic rings. The molecule has 0 saturated heterocycles. The minimum atomic E-state index is 0.0582. The van der Waals surface area contributed by atoms with Crippen molar-refractivity contribution in [2.75, 3.05) is 0 Å². The lowest BCUT2D eigenvalue weighted by molar-refractivity contribution is 0.0936. The monoisotopic (exact) mass is 295 g/mol. The van der Waals surface area contributed by atoms with Gasteiger partial charge in [0.25, 0.3) is 5.91 Å². The van der Waals surface area contributed by atoms with E-state index in [-0.39, 0.29) is 5.91 Å². The number of carbonyl (C=O) groups excluding carboxylic acids is 1. The Hall–Kier alpha value is -0.830. The molecule has 17 heavy (non-hydrogen) atoms. The Labute approximate surface area is 111 Å². The molecule has 0 radical (unpaired) electrons. The smallest absolute Gasteiger partial charge is 0.251 e. The van der Waals surface area contributed by atoms with E-state index in [2.05, 4.69) is 28.2 Å². The lowest BCUT2D eigenvalue weighted by Crippen LogP contribution is -2.33. The summed E-state index contributed by atoms with van der Waals surface area (Å²) >= 11 is 3.41. The predicted octanol–water partition coefficient (Wildman–Crippen LogP) is 3.68. The molecular formula is C14H18BrNO. The summed E-state index contributed by atoms with van der Waals surface area (Å²) in [5.74, 6) is 0.798. The molecular weight excluding hydrogens is 278 g/mol. The van der Waals surface area contributed by atoms with E-state index >= 15 is 0 Å². The molecule has 0 aliphatic heterocycles. The lowest BCUT2D eigenvalue weighted by atomic mass is 10.1. The molecule has 2 atom stereocenters. The zero-order chi connectivity index (χ0) is 12.4. The van der Waals surface area contributed by atoms with Crippen LogP contribution in [0.3, 0.4) is 0 Å². The van der Waals surface area contributed by atoms with E-state index in [9.17, 15) is 4.79 Å². The van der Waals surface area contributed by atoms with Crippen LogP contribution in [0.25, 0.3) is 0 Å².